The highest BCUT2D eigenvalue weighted by molar-refractivity contribution is 5.77. The van der Waals surface area contributed by atoms with Gasteiger partial charge in [-0.05, 0) is 31.8 Å². The number of nitrogens with one attached hydrogen (secondary N) is 2. The summed E-state index contributed by atoms with van der Waals surface area (Å²) in [6.07, 6.45) is 4.32. The summed E-state index contributed by atoms with van der Waals surface area (Å²) in [6, 6.07) is 0.254. The Hall–Kier alpha value is -0.830. The van der Waals surface area contributed by atoms with Gasteiger partial charge in [-0.1, -0.05) is 0 Å². The predicted molar refractivity (Wildman–Crippen MR) is 51.3 cm³/mol. The van der Waals surface area contributed by atoms with Crippen LogP contribution in [0.4, 0.5) is 0 Å². The van der Waals surface area contributed by atoms with E-state index in [-0.39, 0.29) is 6.04 Å². The van der Waals surface area contributed by atoms with E-state index in [9.17, 15) is 0 Å². The highest BCUT2D eigenvalue weighted by Crippen LogP contribution is 2.20. The molecule has 1 atom stereocenters. The summed E-state index contributed by atoms with van der Waals surface area (Å²) in [5, 5.41) is 10.5. The number of hydrogen-bond acceptors (Lipinski definition) is 3. The Kier molecular flexibility index (Phi) is 3.29. The summed E-state index contributed by atoms with van der Waals surface area (Å²) in [7, 11) is 0. The van der Waals surface area contributed by atoms with Gasteiger partial charge in [0.25, 0.3) is 0 Å². The van der Waals surface area contributed by atoms with E-state index >= 15 is 0 Å². The molecule has 0 bridgehead atoms. The first kappa shape index (κ1) is 9.26. The van der Waals surface area contributed by atoms with Crippen LogP contribution >= 0.6 is 0 Å². The minimum Gasteiger partial charge on any atom is -0.388 e. The Morgan fingerprint density at radius 3 is 3.08 bits per heavy atom. The van der Waals surface area contributed by atoms with E-state index in [0.717, 1.165) is 31.4 Å². The molecule has 3 nitrogen and oxygen atoms in total. The molecule has 1 aliphatic carbocycles. The second-order valence-electron chi connectivity index (χ2n) is 3.18. The van der Waals surface area contributed by atoms with Crippen LogP contribution in [0.15, 0.2) is 11.3 Å². The monoisotopic (exact) mass is 167 g/mol. The lowest BCUT2D eigenvalue weighted by molar-refractivity contribution is 0.556. The van der Waals surface area contributed by atoms with Crippen molar-refractivity contribution in [1.82, 2.24) is 5.32 Å². The minimum atomic E-state index is 0.254. The third kappa shape index (κ3) is 2.08. The maximum atomic E-state index is 7.22. The Bertz CT molecular complexity index is 196. The number of allylic oxidation sites excluding steroid dienone is 1. The highest BCUT2D eigenvalue weighted by atomic mass is 14.9. The molecule has 12 heavy (non-hydrogen) atoms. The summed E-state index contributed by atoms with van der Waals surface area (Å²) in [5.74, 6) is 0. The molecule has 0 saturated carbocycles. The van der Waals surface area contributed by atoms with Gasteiger partial charge in [0, 0.05) is 24.5 Å². The van der Waals surface area contributed by atoms with E-state index in [1.807, 2.05) is 0 Å². The van der Waals surface area contributed by atoms with Gasteiger partial charge >= 0.3 is 0 Å². The van der Waals surface area contributed by atoms with Gasteiger partial charge < -0.3 is 16.5 Å². The molecule has 1 rings (SSSR count). The van der Waals surface area contributed by atoms with Gasteiger partial charge in [-0.2, -0.15) is 0 Å². The van der Waals surface area contributed by atoms with Crippen molar-refractivity contribution in [3.05, 3.63) is 11.3 Å². The zero-order valence-corrected chi connectivity index (χ0v) is 7.56. The number of rotatable bonds is 3. The Labute approximate surface area is 73.5 Å². The van der Waals surface area contributed by atoms with Crippen LogP contribution in [0, 0.1) is 5.41 Å². The van der Waals surface area contributed by atoms with Crippen LogP contribution in [-0.2, 0) is 0 Å². The van der Waals surface area contributed by atoms with Gasteiger partial charge in [-0.25, -0.2) is 0 Å². The summed E-state index contributed by atoms with van der Waals surface area (Å²) < 4.78 is 0. The molecule has 0 fully saturated rings. The van der Waals surface area contributed by atoms with Crippen molar-refractivity contribution in [2.75, 3.05) is 6.54 Å². The molecule has 0 saturated heterocycles. The fraction of sp³-hybridized carbons (Fsp3) is 0.667. The summed E-state index contributed by atoms with van der Waals surface area (Å²) in [4.78, 5) is 0. The number of nitrogens with two attached hydrogens (primary N) is 1. The van der Waals surface area contributed by atoms with Crippen molar-refractivity contribution >= 4 is 6.21 Å². The third-order valence-corrected chi connectivity index (χ3v) is 2.20. The topological polar surface area (TPSA) is 61.9 Å². The van der Waals surface area contributed by atoms with Crippen molar-refractivity contribution in [1.29, 1.82) is 5.41 Å². The zero-order valence-electron chi connectivity index (χ0n) is 7.56. The lowest BCUT2D eigenvalue weighted by Crippen LogP contribution is -2.29. The first-order valence-electron chi connectivity index (χ1n) is 4.49. The van der Waals surface area contributed by atoms with Gasteiger partial charge in [0.15, 0.2) is 0 Å². The first-order chi connectivity index (χ1) is 5.77. The van der Waals surface area contributed by atoms with E-state index in [2.05, 4.69) is 12.2 Å². The molecule has 0 heterocycles. The fourth-order valence-electron chi connectivity index (χ4n) is 1.56. The van der Waals surface area contributed by atoms with Crippen LogP contribution in [0.1, 0.15) is 26.2 Å². The number of hydrogen-bond donors (Lipinski definition) is 3. The fourth-order valence-corrected chi connectivity index (χ4v) is 1.56. The molecule has 68 valence electrons. The molecule has 0 amide bonds. The molecule has 3 heteroatoms. The maximum Gasteiger partial charge on any atom is 0.0227 e. The normalized spacial score (nSPS) is 24.0. The van der Waals surface area contributed by atoms with Crippen molar-refractivity contribution in [2.24, 2.45) is 5.73 Å². The van der Waals surface area contributed by atoms with Gasteiger partial charge in [-0.3, -0.25) is 0 Å². The van der Waals surface area contributed by atoms with Gasteiger partial charge in [-0.15, -0.1) is 0 Å². The molecule has 1 unspecified atom stereocenters. The van der Waals surface area contributed by atoms with Crippen LogP contribution in [0.25, 0.3) is 0 Å². The first-order valence-corrected chi connectivity index (χ1v) is 4.49. The van der Waals surface area contributed by atoms with Crippen molar-refractivity contribution in [2.45, 2.75) is 32.2 Å². The van der Waals surface area contributed by atoms with E-state index < -0.39 is 0 Å². The molecule has 0 spiro atoms. The maximum absolute atomic E-state index is 7.22. The van der Waals surface area contributed by atoms with Gasteiger partial charge in [0.2, 0.25) is 0 Å². The Balaban J connectivity index is 2.69. The standard InChI is InChI=1S/C9H17N3/c1-2-12-9-4-3-8(11)5-7(9)6-10/h6,8,10,12H,2-5,11H2,1H3. The molecule has 0 radical (unpaired) electrons. The second-order valence-corrected chi connectivity index (χ2v) is 3.18. The molecule has 0 aromatic carbocycles. The Morgan fingerprint density at radius 2 is 2.50 bits per heavy atom. The van der Waals surface area contributed by atoms with E-state index in [0.29, 0.717) is 0 Å². The molecular formula is C9H17N3. The van der Waals surface area contributed by atoms with E-state index in [1.54, 1.807) is 0 Å². The Morgan fingerprint density at radius 1 is 1.75 bits per heavy atom. The second kappa shape index (κ2) is 4.26. The van der Waals surface area contributed by atoms with E-state index in [4.69, 9.17) is 11.1 Å². The average molecular weight is 167 g/mol. The minimum absolute atomic E-state index is 0.254. The highest BCUT2D eigenvalue weighted by Gasteiger charge is 2.15. The summed E-state index contributed by atoms with van der Waals surface area (Å²) in [6.45, 7) is 3.00. The lowest BCUT2D eigenvalue weighted by atomic mass is 9.93. The molecule has 4 N–H and O–H groups in total. The van der Waals surface area contributed by atoms with E-state index in [1.165, 1.54) is 11.9 Å². The van der Waals surface area contributed by atoms with Crippen LogP contribution in [0.2, 0.25) is 0 Å². The van der Waals surface area contributed by atoms with Crippen LogP contribution in [0.5, 0.6) is 0 Å². The van der Waals surface area contributed by atoms with Crippen LogP contribution < -0.4 is 11.1 Å². The SMILES string of the molecule is CCNC1=C(C=N)CC(N)CC1. The van der Waals surface area contributed by atoms with Crippen LogP contribution in [-0.4, -0.2) is 18.8 Å². The van der Waals surface area contributed by atoms with Crippen molar-refractivity contribution in [3.63, 3.8) is 0 Å². The summed E-state index contributed by atoms with van der Waals surface area (Å²) in [5.41, 5.74) is 8.09. The molecule has 1 aliphatic rings. The molecular weight excluding hydrogens is 150 g/mol. The molecule has 0 aromatic heterocycles. The van der Waals surface area contributed by atoms with Crippen LogP contribution in [0.3, 0.4) is 0 Å². The largest absolute Gasteiger partial charge is 0.388 e. The smallest absolute Gasteiger partial charge is 0.0227 e. The van der Waals surface area contributed by atoms with Crippen molar-refractivity contribution < 1.29 is 0 Å². The third-order valence-electron chi connectivity index (χ3n) is 2.20. The zero-order chi connectivity index (χ0) is 8.97. The molecule has 0 aromatic rings. The molecule has 0 aliphatic heterocycles. The predicted octanol–water partition coefficient (Wildman–Crippen LogP) is 1.01. The summed E-state index contributed by atoms with van der Waals surface area (Å²) >= 11 is 0. The van der Waals surface area contributed by atoms with Gasteiger partial charge in [0.1, 0.15) is 0 Å². The van der Waals surface area contributed by atoms with Crippen molar-refractivity contribution in [3.8, 4) is 0 Å². The lowest BCUT2D eigenvalue weighted by Gasteiger charge is -2.23. The van der Waals surface area contributed by atoms with Gasteiger partial charge in [0.05, 0.1) is 0 Å². The average Bonchev–Trinajstić information content (AvgIpc) is 2.08. The quantitative estimate of drug-likeness (QED) is 0.549.